The van der Waals surface area contributed by atoms with Crippen LogP contribution in [-0.2, 0) is 0 Å². The zero-order chi connectivity index (χ0) is 9.84. The second-order valence-electron chi connectivity index (χ2n) is 2.86. The van der Waals surface area contributed by atoms with Gasteiger partial charge in [-0.25, -0.2) is 4.79 Å². The topological polar surface area (TPSA) is 53.7 Å². The minimum Gasteiger partial charge on any atom is -0.475 e. The molecule has 1 aromatic rings. The molecule has 1 aromatic heterocycles. The smallest absolute Gasteiger partial charge is 0.371 e. The Balaban J connectivity index is 2.73. The lowest BCUT2D eigenvalue weighted by Crippen LogP contribution is -2.16. The molecular formula is C9H13NO3. The third kappa shape index (κ3) is 2.24. The van der Waals surface area contributed by atoms with Gasteiger partial charge in [0.05, 0.1) is 0 Å². The van der Waals surface area contributed by atoms with Crippen LogP contribution in [0.1, 0.15) is 23.9 Å². The molecule has 0 amide bonds. The van der Waals surface area contributed by atoms with Gasteiger partial charge in [-0.3, -0.25) is 0 Å². The van der Waals surface area contributed by atoms with Crippen LogP contribution < -0.4 is 4.90 Å². The zero-order valence-corrected chi connectivity index (χ0v) is 7.78. The van der Waals surface area contributed by atoms with Crippen molar-refractivity contribution in [3.63, 3.8) is 0 Å². The molecule has 0 aliphatic carbocycles. The third-order valence-electron chi connectivity index (χ3n) is 1.74. The fourth-order valence-electron chi connectivity index (χ4n) is 1.09. The Kier molecular flexibility index (Phi) is 2.95. The summed E-state index contributed by atoms with van der Waals surface area (Å²) >= 11 is 0. The molecule has 0 aliphatic heterocycles. The molecule has 0 aliphatic rings. The van der Waals surface area contributed by atoms with E-state index in [2.05, 4.69) is 6.92 Å². The first kappa shape index (κ1) is 9.64. The predicted octanol–water partition coefficient (Wildman–Crippen LogP) is 1.82. The highest BCUT2D eigenvalue weighted by atomic mass is 16.4. The molecule has 0 bridgehead atoms. The molecule has 4 heteroatoms. The molecule has 72 valence electrons. The molecule has 0 unspecified atom stereocenters. The maximum Gasteiger partial charge on any atom is 0.371 e. The first-order valence-electron chi connectivity index (χ1n) is 4.19. The largest absolute Gasteiger partial charge is 0.475 e. The summed E-state index contributed by atoms with van der Waals surface area (Å²) in [5.41, 5.74) is 0. The van der Waals surface area contributed by atoms with E-state index in [1.165, 1.54) is 6.07 Å². The maximum absolute atomic E-state index is 10.5. The zero-order valence-electron chi connectivity index (χ0n) is 7.78. The fraction of sp³-hybridized carbons (Fsp3) is 0.444. The fourth-order valence-corrected chi connectivity index (χ4v) is 1.09. The van der Waals surface area contributed by atoms with Crippen LogP contribution in [0.25, 0.3) is 0 Å². The third-order valence-corrected chi connectivity index (χ3v) is 1.74. The molecule has 0 spiro atoms. The quantitative estimate of drug-likeness (QED) is 0.773. The molecular weight excluding hydrogens is 170 g/mol. The van der Waals surface area contributed by atoms with Crippen LogP contribution in [0.3, 0.4) is 0 Å². The predicted molar refractivity (Wildman–Crippen MR) is 49.2 cm³/mol. The van der Waals surface area contributed by atoms with Crippen LogP contribution in [0.15, 0.2) is 16.5 Å². The van der Waals surface area contributed by atoms with E-state index >= 15 is 0 Å². The summed E-state index contributed by atoms with van der Waals surface area (Å²) in [6, 6.07) is 3.13. The lowest BCUT2D eigenvalue weighted by atomic mass is 10.4. The Bertz CT molecular complexity index is 293. The second-order valence-corrected chi connectivity index (χ2v) is 2.86. The highest BCUT2D eigenvalue weighted by molar-refractivity contribution is 5.84. The number of hydrogen-bond acceptors (Lipinski definition) is 3. The summed E-state index contributed by atoms with van der Waals surface area (Å²) in [5, 5.41) is 8.60. The van der Waals surface area contributed by atoms with E-state index in [0.29, 0.717) is 5.88 Å². The van der Waals surface area contributed by atoms with Crippen molar-refractivity contribution in [3.05, 3.63) is 17.9 Å². The van der Waals surface area contributed by atoms with Crippen molar-refractivity contribution in [2.75, 3.05) is 18.5 Å². The Labute approximate surface area is 76.8 Å². The molecule has 0 aromatic carbocycles. The summed E-state index contributed by atoms with van der Waals surface area (Å²) in [4.78, 5) is 12.4. The van der Waals surface area contributed by atoms with E-state index in [1.807, 2.05) is 11.9 Å². The number of nitrogens with zero attached hydrogens (tertiary/aromatic N) is 1. The van der Waals surface area contributed by atoms with Gasteiger partial charge in [0.25, 0.3) is 0 Å². The number of rotatable bonds is 4. The lowest BCUT2D eigenvalue weighted by molar-refractivity contribution is 0.0663. The second kappa shape index (κ2) is 3.98. The van der Waals surface area contributed by atoms with E-state index in [9.17, 15) is 4.79 Å². The first-order valence-corrected chi connectivity index (χ1v) is 4.19. The highest BCUT2D eigenvalue weighted by Crippen LogP contribution is 2.17. The normalized spacial score (nSPS) is 10.0. The number of hydrogen-bond donors (Lipinski definition) is 1. The average molecular weight is 183 g/mol. The molecule has 1 rings (SSSR count). The van der Waals surface area contributed by atoms with Crippen LogP contribution in [-0.4, -0.2) is 24.7 Å². The van der Waals surface area contributed by atoms with Crippen molar-refractivity contribution in [1.29, 1.82) is 0 Å². The number of carboxylic acid groups (broad SMARTS) is 1. The average Bonchev–Trinajstić information content (AvgIpc) is 2.52. The van der Waals surface area contributed by atoms with Gasteiger partial charge in [0.1, 0.15) is 0 Å². The SMILES string of the molecule is CCCN(C)c1ccc(C(=O)O)o1. The molecule has 0 atom stereocenters. The first-order chi connectivity index (χ1) is 6.15. The molecule has 0 fully saturated rings. The van der Waals surface area contributed by atoms with Crippen LogP contribution in [0.4, 0.5) is 5.88 Å². The minimum absolute atomic E-state index is 0.0158. The van der Waals surface area contributed by atoms with Gasteiger partial charge in [0, 0.05) is 19.7 Å². The van der Waals surface area contributed by atoms with Gasteiger partial charge in [-0.2, -0.15) is 0 Å². The summed E-state index contributed by atoms with van der Waals surface area (Å²) in [6.07, 6.45) is 1.000. The van der Waals surface area contributed by atoms with Gasteiger partial charge >= 0.3 is 5.97 Å². The van der Waals surface area contributed by atoms with E-state index in [4.69, 9.17) is 9.52 Å². The highest BCUT2D eigenvalue weighted by Gasteiger charge is 2.10. The standard InChI is InChI=1S/C9H13NO3/c1-3-6-10(2)8-5-4-7(13-8)9(11)12/h4-5H,3,6H2,1-2H3,(H,11,12). The van der Waals surface area contributed by atoms with Crippen molar-refractivity contribution in [2.45, 2.75) is 13.3 Å². The van der Waals surface area contributed by atoms with Crippen LogP contribution >= 0.6 is 0 Å². The van der Waals surface area contributed by atoms with Gasteiger partial charge in [-0.05, 0) is 12.5 Å². The maximum atomic E-state index is 10.5. The number of anilines is 1. The van der Waals surface area contributed by atoms with Gasteiger partial charge in [-0.1, -0.05) is 6.92 Å². The molecule has 4 nitrogen and oxygen atoms in total. The van der Waals surface area contributed by atoms with Crippen LogP contribution in [0.2, 0.25) is 0 Å². The van der Waals surface area contributed by atoms with E-state index < -0.39 is 5.97 Å². The van der Waals surface area contributed by atoms with E-state index in [-0.39, 0.29) is 5.76 Å². The van der Waals surface area contributed by atoms with Gasteiger partial charge in [0.15, 0.2) is 5.88 Å². The van der Waals surface area contributed by atoms with Crippen molar-refractivity contribution in [1.82, 2.24) is 0 Å². The van der Waals surface area contributed by atoms with Crippen molar-refractivity contribution in [3.8, 4) is 0 Å². The summed E-state index contributed by atoms with van der Waals surface area (Å²) in [5.74, 6) is -0.451. The molecule has 1 N–H and O–H groups in total. The molecule has 13 heavy (non-hydrogen) atoms. The number of aromatic carboxylic acids is 1. The summed E-state index contributed by atoms with van der Waals surface area (Å²) in [7, 11) is 1.87. The van der Waals surface area contributed by atoms with Crippen molar-refractivity contribution >= 4 is 11.9 Å². The summed E-state index contributed by atoms with van der Waals surface area (Å²) < 4.78 is 5.09. The van der Waals surface area contributed by atoms with Crippen LogP contribution in [0.5, 0.6) is 0 Å². The van der Waals surface area contributed by atoms with Gasteiger partial charge < -0.3 is 14.4 Å². The Morgan fingerprint density at radius 2 is 2.31 bits per heavy atom. The Hall–Kier alpha value is -1.45. The van der Waals surface area contributed by atoms with Crippen LogP contribution in [0, 0.1) is 0 Å². The molecule has 0 radical (unpaired) electrons. The Morgan fingerprint density at radius 3 is 2.77 bits per heavy atom. The molecule has 0 saturated carbocycles. The van der Waals surface area contributed by atoms with Gasteiger partial charge in [-0.15, -0.1) is 0 Å². The minimum atomic E-state index is -1.03. The van der Waals surface area contributed by atoms with E-state index in [0.717, 1.165) is 13.0 Å². The van der Waals surface area contributed by atoms with E-state index in [1.54, 1.807) is 6.07 Å². The lowest BCUT2D eigenvalue weighted by Gasteiger charge is -2.13. The Morgan fingerprint density at radius 1 is 1.62 bits per heavy atom. The van der Waals surface area contributed by atoms with Crippen molar-refractivity contribution < 1.29 is 14.3 Å². The number of carbonyl (C=O) groups is 1. The number of carboxylic acids is 1. The monoisotopic (exact) mass is 183 g/mol. The molecule has 0 saturated heterocycles. The van der Waals surface area contributed by atoms with Gasteiger partial charge in [0.2, 0.25) is 5.76 Å². The van der Waals surface area contributed by atoms with Crippen molar-refractivity contribution in [2.24, 2.45) is 0 Å². The molecule has 1 heterocycles. The number of furan rings is 1. The summed E-state index contributed by atoms with van der Waals surface area (Å²) in [6.45, 7) is 2.91.